The predicted molar refractivity (Wildman–Crippen MR) is 97.8 cm³/mol. The average Bonchev–Trinajstić information content (AvgIpc) is 2.42. The molecule has 1 aromatic carbocycles. The minimum absolute atomic E-state index is 0.0849. The fraction of sp³-hybridized carbons (Fsp3) is 0.619. The van der Waals surface area contributed by atoms with Crippen LogP contribution in [-0.4, -0.2) is 12.2 Å². The van der Waals surface area contributed by atoms with E-state index in [1.165, 1.54) is 22.3 Å². The SMILES string of the molecule is C=CCOc1c(C)c(C)c2c(c1C)CCC(C)(CC(C)(C)C)O2. The molecular formula is C21H32O2. The van der Waals surface area contributed by atoms with Gasteiger partial charge in [-0.3, -0.25) is 0 Å². The van der Waals surface area contributed by atoms with Gasteiger partial charge in [-0.25, -0.2) is 0 Å². The van der Waals surface area contributed by atoms with Crippen molar-refractivity contribution in [2.75, 3.05) is 6.61 Å². The van der Waals surface area contributed by atoms with Gasteiger partial charge in [0.2, 0.25) is 0 Å². The highest BCUT2D eigenvalue weighted by molar-refractivity contribution is 5.59. The maximum Gasteiger partial charge on any atom is 0.127 e. The lowest BCUT2D eigenvalue weighted by atomic mass is 9.77. The van der Waals surface area contributed by atoms with Gasteiger partial charge in [-0.2, -0.15) is 0 Å². The molecule has 0 N–H and O–H groups in total. The summed E-state index contributed by atoms with van der Waals surface area (Å²) in [5.74, 6) is 2.09. The van der Waals surface area contributed by atoms with Crippen LogP contribution >= 0.6 is 0 Å². The van der Waals surface area contributed by atoms with E-state index in [0.717, 1.165) is 30.8 Å². The molecule has 0 saturated carbocycles. The monoisotopic (exact) mass is 316 g/mol. The van der Waals surface area contributed by atoms with E-state index >= 15 is 0 Å². The summed E-state index contributed by atoms with van der Waals surface area (Å²) >= 11 is 0. The van der Waals surface area contributed by atoms with Gasteiger partial charge in [-0.15, -0.1) is 0 Å². The first kappa shape index (κ1) is 17.9. The minimum atomic E-state index is -0.0849. The molecule has 1 aliphatic heterocycles. The van der Waals surface area contributed by atoms with Crippen LogP contribution in [0, 0.1) is 26.2 Å². The van der Waals surface area contributed by atoms with E-state index in [4.69, 9.17) is 9.47 Å². The fourth-order valence-electron chi connectivity index (χ4n) is 3.89. The van der Waals surface area contributed by atoms with Crippen molar-refractivity contribution >= 4 is 0 Å². The average molecular weight is 316 g/mol. The molecule has 2 nitrogen and oxygen atoms in total. The lowest BCUT2D eigenvalue weighted by Crippen LogP contribution is -2.40. The summed E-state index contributed by atoms with van der Waals surface area (Å²) < 4.78 is 12.5. The van der Waals surface area contributed by atoms with Crippen LogP contribution < -0.4 is 9.47 Å². The maximum absolute atomic E-state index is 6.57. The second kappa shape index (κ2) is 6.22. The third kappa shape index (κ3) is 3.73. The molecule has 0 aromatic heterocycles. The minimum Gasteiger partial charge on any atom is -0.489 e. The van der Waals surface area contributed by atoms with Crippen LogP contribution in [0.3, 0.4) is 0 Å². The Morgan fingerprint density at radius 1 is 1.17 bits per heavy atom. The van der Waals surface area contributed by atoms with Crippen LogP contribution in [0.1, 0.15) is 62.8 Å². The molecule has 2 rings (SSSR count). The summed E-state index contributed by atoms with van der Waals surface area (Å²) in [5.41, 5.74) is 5.12. The Morgan fingerprint density at radius 3 is 2.39 bits per heavy atom. The van der Waals surface area contributed by atoms with Gasteiger partial charge < -0.3 is 9.47 Å². The molecule has 23 heavy (non-hydrogen) atoms. The highest BCUT2D eigenvalue weighted by Gasteiger charge is 2.37. The molecule has 1 aliphatic rings. The van der Waals surface area contributed by atoms with E-state index in [1.807, 2.05) is 0 Å². The van der Waals surface area contributed by atoms with Gasteiger partial charge in [-0.05, 0) is 69.1 Å². The molecule has 2 heteroatoms. The van der Waals surface area contributed by atoms with Crippen LogP contribution in [0.4, 0.5) is 0 Å². The Morgan fingerprint density at radius 2 is 1.83 bits per heavy atom. The summed E-state index contributed by atoms with van der Waals surface area (Å²) in [7, 11) is 0. The van der Waals surface area contributed by atoms with Crippen LogP contribution in [0.2, 0.25) is 0 Å². The first-order valence-electron chi connectivity index (χ1n) is 8.63. The lowest BCUT2D eigenvalue weighted by molar-refractivity contribution is 0.0240. The van der Waals surface area contributed by atoms with Crippen molar-refractivity contribution in [3.8, 4) is 11.5 Å². The van der Waals surface area contributed by atoms with E-state index in [2.05, 4.69) is 55.0 Å². The molecule has 1 aromatic rings. The summed E-state index contributed by atoms with van der Waals surface area (Å²) in [6, 6.07) is 0. The highest BCUT2D eigenvalue weighted by Crippen LogP contribution is 2.46. The standard InChI is InChI=1S/C21H32O2/c1-9-12-22-18-14(2)15(3)19-17(16(18)4)10-11-21(8,23-19)13-20(5,6)7/h9H,1,10-13H2,2-8H3. The van der Waals surface area contributed by atoms with Gasteiger partial charge in [0.1, 0.15) is 23.7 Å². The second-order valence-corrected chi connectivity index (χ2v) is 8.40. The number of hydrogen-bond donors (Lipinski definition) is 0. The maximum atomic E-state index is 6.57. The molecule has 0 radical (unpaired) electrons. The topological polar surface area (TPSA) is 18.5 Å². The highest BCUT2D eigenvalue weighted by atomic mass is 16.5. The third-order valence-corrected chi connectivity index (χ3v) is 4.81. The van der Waals surface area contributed by atoms with Gasteiger partial charge in [0.25, 0.3) is 0 Å². The molecule has 0 spiro atoms. The van der Waals surface area contributed by atoms with E-state index in [1.54, 1.807) is 6.08 Å². The zero-order chi connectivity index (χ0) is 17.4. The van der Waals surface area contributed by atoms with Crippen LogP contribution in [0.5, 0.6) is 11.5 Å². The van der Waals surface area contributed by atoms with Crippen LogP contribution in [0.25, 0.3) is 0 Å². The molecule has 0 amide bonds. The van der Waals surface area contributed by atoms with Gasteiger partial charge in [0.15, 0.2) is 0 Å². The Bertz CT molecular complexity index is 607. The first-order chi connectivity index (χ1) is 10.6. The summed E-state index contributed by atoms with van der Waals surface area (Å²) in [4.78, 5) is 0. The summed E-state index contributed by atoms with van der Waals surface area (Å²) in [6.45, 7) is 19.8. The smallest absolute Gasteiger partial charge is 0.127 e. The number of benzene rings is 1. The third-order valence-electron chi connectivity index (χ3n) is 4.81. The van der Waals surface area contributed by atoms with Crippen LogP contribution in [-0.2, 0) is 6.42 Å². The Hall–Kier alpha value is -1.44. The molecule has 0 bridgehead atoms. The second-order valence-electron chi connectivity index (χ2n) is 8.40. The molecule has 1 unspecified atom stereocenters. The molecule has 0 saturated heterocycles. The van der Waals surface area contributed by atoms with Crippen molar-refractivity contribution in [1.29, 1.82) is 0 Å². The zero-order valence-corrected chi connectivity index (χ0v) is 15.9. The molecule has 1 atom stereocenters. The van der Waals surface area contributed by atoms with E-state index in [-0.39, 0.29) is 11.0 Å². The Labute approximate surface area is 141 Å². The van der Waals surface area contributed by atoms with Crippen molar-refractivity contribution in [2.24, 2.45) is 5.41 Å². The van der Waals surface area contributed by atoms with E-state index in [9.17, 15) is 0 Å². The first-order valence-corrected chi connectivity index (χ1v) is 8.63. The quantitative estimate of drug-likeness (QED) is 0.664. The summed E-state index contributed by atoms with van der Waals surface area (Å²) in [6.07, 6.45) is 4.97. The number of rotatable bonds is 4. The number of fused-ring (bicyclic) bond motifs is 1. The Kier molecular flexibility index (Phi) is 4.84. The van der Waals surface area contributed by atoms with Gasteiger partial charge in [0.05, 0.1) is 0 Å². The largest absolute Gasteiger partial charge is 0.489 e. The summed E-state index contributed by atoms with van der Waals surface area (Å²) in [5, 5.41) is 0. The predicted octanol–water partition coefficient (Wildman–Crippen LogP) is 5.70. The molecular weight excluding hydrogens is 284 g/mol. The van der Waals surface area contributed by atoms with Crippen molar-refractivity contribution in [3.63, 3.8) is 0 Å². The van der Waals surface area contributed by atoms with Crippen LogP contribution in [0.15, 0.2) is 12.7 Å². The Balaban J connectivity index is 2.43. The van der Waals surface area contributed by atoms with Crippen molar-refractivity contribution < 1.29 is 9.47 Å². The van der Waals surface area contributed by atoms with Crippen molar-refractivity contribution in [1.82, 2.24) is 0 Å². The van der Waals surface area contributed by atoms with Gasteiger partial charge in [-0.1, -0.05) is 33.4 Å². The molecule has 1 heterocycles. The molecule has 128 valence electrons. The van der Waals surface area contributed by atoms with Gasteiger partial charge in [0, 0.05) is 5.56 Å². The fourth-order valence-corrected chi connectivity index (χ4v) is 3.89. The van der Waals surface area contributed by atoms with Crippen molar-refractivity contribution in [3.05, 3.63) is 34.9 Å². The number of hydrogen-bond acceptors (Lipinski definition) is 2. The lowest BCUT2D eigenvalue weighted by Gasteiger charge is -2.41. The normalized spacial score (nSPS) is 20.7. The number of ether oxygens (including phenoxy) is 2. The molecule has 0 aliphatic carbocycles. The van der Waals surface area contributed by atoms with E-state index < -0.39 is 0 Å². The van der Waals surface area contributed by atoms with Crippen molar-refractivity contribution in [2.45, 2.75) is 73.3 Å². The molecule has 0 fully saturated rings. The van der Waals surface area contributed by atoms with E-state index in [0.29, 0.717) is 6.61 Å². The van der Waals surface area contributed by atoms with Gasteiger partial charge >= 0.3 is 0 Å². The zero-order valence-electron chi connectivity index (χ0n) is 15.9.